The molecule has 0 aliphatic heterocycles. The molecule has 1 rings (SSSR count). The number of aliphatic hydroxyl groups excluding tert-OH is 1. The summed E-state index contributed by atoms with van der Waals surface area (Å²) in [6, 6.07) is 0. The molecule has 1 N–H and O–H groups in total. The third-order valence-electron chi connectivity index (χ3n) is 2.44. The lowest BCUT2D eigenvalue weighted by Crippen LogP contribution is -2.31. The van der Waals surface area contributed by atoms with Crippen LogP contribution in [0, 0.1) is 6.92 Å². The van der Waals surface area contributed by atoms with E-state index >= 15 is 0 Å². The maximum atomic E-state index is 12.3. The minimum absolute atomic E-state index is 0.228. The SMILES string of the molecule is CCN(CC)S(=O)(=O)c1c(C)csc1CO. The van der Waals surface area contributed by atoms with Gasteiger partial charge in [-0.2, -0.15) is 4.31 Å². The molecule has 0 saturated carbocycles. The van der Waals surface area contributed by atoms with Gasteiger partial charge in [0.1, 0.15) is 4.90 Å². The molecule has 0 aliphatic rings. The Bertz CT molecular complexity index is 447. The van der Waals surface area contributed by atoms with Crippen molar-refractivity contribution in [2.45, 2.75) is 32.3 Å². The Labute approximate surface area is 101 Å². The van der Waals surface area contributed by atoms with E-state index in [1.165, 1.54) is 15.6 Å². The number of rotatable bonds is 5. The van der Waals surface area contributed by atoms with Gasteiger partial charge in [-0.25, -0.2) is 8.42 Å². The molecule has 0 aliphatic carbocycles. The molecule has 1 aromatic rings. The monoisotopic (exact) mass is 263 g/mol. The highest BCUT2D eigenvalue weighted by Crippen LogP contribution is 2.29. The van der Waals surface area contributed by atoms with E-state index in [1.807, 2.05) is 0 Å². The first-order valence-electron chi connectivity index (χ1n) is 5.16. The zero-order valence-electron chi connectivity index (χ0n) is 9.73. The van der Waals surface area contributed by atoms with E-state index in [2.05, 4.69) is 0 Å². The Morgan fingerprint density at radius 2 is 1.94 bits per heavy atom. The van der Waals surface area contributed by atoms with Crippen LogP contribution in [0.25, 0.3) is 0 Å². The Hall–Kier alpha value is -0.430. The van der Waals surface area contributed by atoms with Crippen molar-refractivity contribution in [1.29, 1.82) is 0 Å². The molecule has 0 saturated heterocycles. The molecule has 4 nitrogen and oxygen atoms in total. The summed E-state index contributed by atoms with van der Waals surface area (Å²) in [5, 5.41) is 10.9. The van der Waals surface area contributed by atoms with Crippen molar-refractivity contribution in [1.82, 2.24) is 4.31 Å². The fourth-order valence-electron chi connectivity index (χ4n) is 1.64. The lowest BCUT2D eigenvalue weighted by Gasteiger charge is -2.19. The second kappa shape index (κ2) is 5.27. The average Bonchev–Trinajstić information content (AvgIpc) is 2.61. The number of aryl methyl sites for hydroxylation is 1. The van der Waals surface area contributed by atoms with Gasteiger partial charge >= 0.3 is 0 Å². The zero-order chi connectivity index (χ0) is 12.3. The standard InChI is InChI=1S/C10H17NO3S2/c1-4-11(5-2)16(13,14)10-8(3)7-15-9(10)6-12/h7,12H,4-6H2,1-3H3. The molecule has 0 radical (unpaired) electrons. The third kappa shape index (κ3) is 2.29. The van der Waals surface area contributed by atoms with Crippen LogP contribution >= 0.6 is 11.3 Å². The maximum Gasteiger partial charge on any atom is 0.244 e. The highest BCUT2D eigenvalue weighted by Gasteiger charge is 2.27. The zero-order valence-corrected chi connectivity index (χ0v) is 11.4. The minimum Gasteiger partial charge on any atom is -0.391 e. The van der Waals surface area contributed by atoms with Crippen LogP contribution < -0.4 is 0 Å². The van der Waals surface area contributed by atoms with Crippen molar-refractivity contribution < 1.29 is 13.5 Å². The molecular weight excluding hydrogens is 246 g/mol. The number of nitrogens with zero attached hydrogens (tertiary/aromatic N) is 1. The summed E-state index contributed by atoms with van der Waals surface area (Å²) < 4.78 is 26.0. The molecule has 1 heterocycles. The molecule has 0 spiro atoms. The summed E-state index contributed by atoms with van der Waals surface area (Å²) in [7, 11) is -3.45. The normalized spacial score (nSPS) is 12.3. The van der Waals surface area contributed by atoms with Crippen LogP contribution in [-0.4, -0.2) is 30.9 Å². The number of hydrogen-bond donors (Lipinski definition) is 1. The summed E-state index contributed by atoms with van der Waals surface area (Å²) in [5.41, 5.74) is 0.709. The number of hydrogen-bond acceptors (Lipinski definition) is 4. The molecular formula is C10H17NO3S2. The lowest BCUT2D eigenvalue weighted by molar-refractivity contribution is 0.282. The van der Waals surface area contributed by atoms with Crippen molar-refractivity contribution in [3.63, 3.8) is 0 Å². The van der Waals surface area contributed by atoms with Gasteiger partial charge in [0.15, 0.2) is 0 Å². The molecule has 92 valence electrons. The van der Waals surface area contributed by atoms with Gasteiger partial charge < -0.3 is 5.11 Å². The van der Waals surface area contributed by atoms with E-state index in [1.54, 1.807) is 26.2 Å². The molecule has 6 heteroatoms. The lowest BCUT2D eigenvalue weighted by atomic mass is 10.3. The van der Waals surface area contributed by atoms with E-state index in [0.717, 1.165) is 0 Å². The largest absolute Gasteiger partial charge is 0.391 e. The van der Waals surface area contributed by atoms with Crippen LogP contribution in [0.1, 0.15) is 24.3 Å². The van der Waals surface area contributed by atoms with Crippen LogP contribution in [0.2, 0.25) is 0 Å². The predicted molar refractivity (Wildman–Crippen MR) is 65.1 cm³/mol. The van der Waals surface area contributed by atoms with E-state index in [-0.39, 0.29) is 11.5 Å². The van der Waals surface area contributed by atoms with Crippen molar-refractivity contribution in [3.05, 3.63) is 15.8 Å². The molecule has 0 amide bonds. The van der Waals surface area contributed by atoms with Gasteiger partial charge in [-0.15, -0.1) is 11.3 Å². The highest BCUT2D eigenvalue weighted by atomic mass is 32.2. The second-order valence-electron chi connectivity index (χ2n) is 3.42. The molecule has 0 aromatic carbocycles. The second-order valence-corrected chi connectivity index (χ2v) is 6.26. The molecule has 0 atom stereocenters. The molecule has 1 aromatic heterocycles. The van der Waals surface area contributed by atoms with Crippen LogP contribution in [0.5, 0.6) is 0 Å². The van der Waals surface area contributed by atoms with E-state index in [0.29, 0.717) is 23.5 Å². The number of thiophene rings is 1. The van der Waals surface area contributed by atoms with E-state index in [4.69, 9.17) is 5.11 Å². The Kier molecular flexibility index (Phi) is 4.49. The summed E-state index contributed by atoms with van der Waals surface area (Å²) >= 11 is 1.29. The van der Waals surface area contributed by atoms with Crippen molar-refractivity contribution in [3.8, 4) is 0 Å². The molecule has 0 bridgehead atoms. The fraction of sp³-hybridized carbons (Fsp3) is 0.600. The minimum atomic E-state index is -3.45. The van der Waals surface area contributed by atoms with Gasteiger partial charge in [-0.05, 0) is 17.9 Å². The van der Waals surface area contributed by atoms with Gasteiger partial charge in [0.05, 0.1) is 11.5 Å². The summed E-state index contributed by atoms with van der Waals surface area (Å²) in [5.74, 6) is 0. The summed E-state index contributed by atoms with van der Waals surface area (Å²) in [6.45, 7) is 6.03. The van der Waals surface area contributed by atoms with E-state index < -0.39 is 10.0 Å². The quantitative estimate of drug-likeness (QED) is 0.877. The van der Waals surface area contributed by atoms with Gasteiger partial charge in [-0.3, -0.25) is 0 Å². The molecule has 16 heavy (non-hydrogen) atoms. The topological polar surface area (TPSA) is 57.6 Å². The van der Waals surface area contributed by atoms with Crippen LogP contribution in [0.15, 0.2) is 10.3 Å². The van der Waals surface area contributed by atoms with E-state index in [9.17, 15) is 8.42 Å². The van der Waals surface area contributed by atoms with Gasteiger partial charge in [0, 0.05) is 13.1 Å². The first-order valence-corrected chi connectivity index (χ1v) is 7.48. The van der Waals surface area contributed by atoms with Crippen molar-refractivity contribution in [2.75, 3.05) is 13.1 Å². The summed E-state index contributed by atoms with van der Waals surface area (Å²) in [4.78, 5) is 0.799. The molecule has 0 unspecified atom stereocenters. The van der Waals surface area contributed by atoms with Crippen LogP contribution in [0.3, 0.4) is 0 Å². The fourth-order valence-corrected chi connectivity index (χ4v) is 4.71. The highest BCUT2D eigenvalue weighted by molar-refractivity contribution is 7.89. The van der Waals surface area contributed by atoms with Crippen LogP contribution in [0.4, 0.5) is 0 Å². The molecule has 0 fully saturated rings. The van der Waals surface area contributed by atoms with Crippen LogP contribution in [-0.2, 0) is 16.6 Å². The maximum absolute atomic E-state index is 12.3. The average molecular weight is 263 g/mol. The first kappa shape index (κ1) is 13.6. The van der Waals surface area contributed by atoms with Gasteiger partial charge in [-0.1, -0.05) is 13.8 Å². The Morgan fingerprint density at radius 1 is 1.38 bits per heavy atom. The Balaban J connectivity index is 3.31. The first-order chi connectivity index (χ1) is 7.48. The van der Waals surface area contributed by atoms with Gasteiger partial charge in [0.2, 0.25) is 10.0 Å². The van der Waals surface area contributed by atoms with Gasteiger partial charge in [0.25, 0.3) is 0 Å². The van der Waals surface area contributed by atoms with Crippen molar-refractivity contribution in [2.24, 2.45) is 0 Å². The smallest absolute Gasteiger partial charge is 0.244 e. The Morgan fingerprint density at radius 3 is 2.38 bits per heavy atom. The summed E-state index contributed by atoms with van der Waals surface area (Å²) in [6.07, 6.45) is 0. The number of sulfonamides is 1. The van der Waals surface area contributed by atoms with Crippen molar-refractivity contribution >= 4 is 21.4 Å². The number of aliphatic hydroxyl groups is 1. The third-order valence-corrected chi connectivity index (χ3v) is 5.94. The predicted octanol–water partition coefficient (Wildman–Crippen LogP) is 1.58.